The van der Waals surface area contributed by atoms with Crippen LogP contribution in [0.25, 0.3) is 0 Å². The lowest BCUT2D eigenvalue weighted by molar-refractivity contribution is -0.137. The predicted octanol–water partition coefficient (Wildman–Crippen LogP) is 1.23. The van der Waals surface area contributed by atoms with Gasteiger partial charge in [-0.1, -0.05) is 13.0 Å². The minimum atomic E-state index is -3.74. The molecule has 0 fully saturated rings. The molecule has 0 aliphatic heterocycles. The molecule has 0 spiro atoms. The maximum absolute atomic E-state index is 12.1. The van der Waals surface area contributed by atoms with Crippen LogP contribution in [0.1, 0.15) is 19.8 Å². The molecule has 106 valence electrons. The maximum atomic E-state index is 12.1. The molecule has 0 aromatic heterocycles. The molecule has 0 heterocycles. The SMILES string of the molecule is CCC(CC(=O)O)NS(=O)(=O)c1cccc(OC)c1. The summed E-state index contributed by atoms with van der Waals surface area (Å²) in [4.78, 5) is 10.7. The van der Waals surface area contributed by atoms with Crippen LogP contribution in [0.15, 0.2) is 29.2 Å². The van der Waals surface area contributed by atoms with Crippen molar-refractivity contribution in [2.45, 2.75) is 30.7 Å². The molecule has 0 saturated carbocycles. The van der Waals surface area contributed by atoms with Crippen molar-refractivity contribution in [1.29, 1.82) is 0 Å². The zero-order valence-electron chi connectivity index (χ0n) is 10.8. The van der Waals surface area contributed by atoms with Crippen LogP contribution < -0.4 is 9.46 Å². The van der Waals surface area contributed by atoms with Crippen LogP contribution in [-0.4, -0.2) is 32.6 Å². The molecule has 1 unspecified atom stereocenters. The van der Waals surface area contributed by atoms with E-state index in [9.17, 15) is 13.2 Å². The van der Waals surface area contributed by atoms with Crippen molar-refractivity contribution in [3.8, 4) is 5.75 Å². The first-order valence-electron chi connectivity index (χ1n) is 5.77. The Labute approximate surface area is 112 Å². The van der Waals surface area contributed by atoms with Gasteiger partial charge in [0, 0.05) is 12.1 Å². The third-order valence-corrected chi connectivity index (χ3v) is 4.11. The van der Waals surface area contributed by atoms with Gasteiger partial charge in [0.2, 0.25) is 10.0 Å². The monoisotopic (exact) mass is 287 g/mol. The fourth-order valence-corrected chi connectivity index (χ4v) is 2.89. The number of rotatable bonds is 7. The number of hydrogen-bond acceptors (Lipinski definition) is 4. The summed E-state index contributed by atoms with van der Waals surface area (Å²) in [5.74, 6) is -0.616. The van der Waals surface area contributed by atoms with E-state index in [1.807, 2.05) is 0 Å². The third kappa shape index (κ3) is 4.53. The molecule has 1 aromatic carbocycles. The van der Waals surface area contributed by atoms with Gasteiger partial charge >= 0.3 is 5.97 Å². The number of benzene rings is 1. The summed E-state index contributed by atoms with van der Waals surface area (Å²) in [5, 5.41) is 8.71. The Kier molecular flexibility index (Phi) is 5.31. The third-order valence-electron chi connectivity index (χ3n) is 2.59. The molecule has 19 heavy (non-hydrogen) atoms. The van der Waals surface area contributed by atoms with Crippen LogP contribution in [0.5, 0.6) is 5.75 Å². The number of methoxy groups -OCH3 is 1. The lowest BCUT2D eigenvalue weighted by Gasteiger charge is -2.15. The second kappa shape index (κ2) is 6.53. The average Bonchev–Trinajstić information content (AvgIpc) is 2.37. The molecule has 7 heteroatoms. The zero-order valence-corrected chi connectivity index (χ0v) is 11.6. The highest BCUT2D eigenvalue weighted by Crippen LogP contribution is 2.17. The van der Waals surface area contributed by atoms with Gasteiger partial charge in [0.1, 0.15) is 5.75 Å². The number of carboxylic acids is 1. The maximum Gasteiger partial charge on any atom is 0.304 e. The van der Waals surface area contributed by atoms with Crippen molar-refractivity contribution in [1.82, 2.24) is 4.72 Å². The lowest BCUT2D eigenvalue weighted by atomic mass is 10.2. The van der Waals surface area contributed by atoms with Crippen molar-refractivity contribution < 1.29 is 23.1 Å². The van der Waals surface area contributed by atoms with Crippen molar-refractivity contribution >= 4 is 16.0 Å². The summed E-state index contributed by atoms with van der Waals surface area (Å²) in [5.41, 5.74) is 0. The molecule has 6 nitrogen and oxygen atoms in total. The van der Waals surface area contributed by atoms with Crippen molar-refractivity contribution in [3.63, 3.8) is 0 Å². The quantitative estimate of drug-likeness (QED) is 0.786. The molecule has 0 aliphatic carbocycles. The van der Waals surface area contributed by atoms with Crippen molar-refractivity contribution in [3.05, 3.63) is 24.3 Å². The van der Waals surface area contributed by atoms with Gasteiger partial charge in [-0.15, -0.1) is 0 Å². The van der Waals surface area contributed by atoms with E-state index in [2.05, 4.69) is 4.72 Å². The van der Waals surface area contributed by atoms with Crippen LogP contribution >= 0.6 is 0 Å². The first-order valence-corrected chi connectivity index (χ1v) is 7.25. The molecule has 1 atom stereocenters. The number of sulfonamides is 1. The van der Waals surface area contributed by atoms with Crippen LogP contribution in [0.2, 0.25) is 0 Å². The summed E-state index contributed by atoms with van der Waals surface area (Å²) in [6, 6.07) is 5.38. The Hall–Kier alpha value is -1.60. The van der Waals surface area contributed by atoms with Gasteiger partial charge in [-0.25, -0.2) is 13.1 Å². The minimum absolute atomic E-state index is 0.0516. The largest absolute Gasteiger partial charge is 0.497 e. The fraction of sp³-hybridized carbons (Fsp3) is 0.417. The molecular formula is C12H17NO5S. The second-order valence-corrected chi connectivity index (χ2v) is 5.72. The van der Waals surface area contributed by atoms with E-state index in [0.29, 0.717) is 12.2 Å². The van der Waals surface area contributed by atoms with E-state index in [1.54, 1.807) is 19.1 Å². The summed E-state index contributed by atoms with van der Waals surface area (Å²) >= 11 is 0. The predicted molar refractivity (Wildman–Crippen MR) is 69.6 cm³/mol. The van der Waals surface area contributed by atoms with Crippen LogP contribution in [0.3, 0.4) is 0 Å². The smallest absolute Gasteiger partial charge is 0.304 e. The molecular weight excluding hydrogens is 270 g/mol. The number of hydrogen-bond donors (Lipinski definition) is 2. The number of ether oxygens (including phenoxy) is 1. The Morgan fingerprint density at radius 3 is 2.68 bits per heavy atom. The molecule has 0 saturated heterocycles. The Morgan fingerprint density at radius 1 is 1.47 bits per heavy atom. The Morgan fingerprint density at radius 2 is 2.16 bits per heavy atom. The average molecular weight is 287 g/mol. The minimum Gasteiger partial charge on any atom is -0.497 e. The number of aliphatic carboxylic acids is 1. The van der Waals surface area contributed by atoms with Crippen molar-refractivity contribution in [2.24, 2.45) is 0 Å². The highest BCUT2D eigenvalue weighted by molar-refractivity contribution is 7.89. The summed E-state index contributed by atoms with van der Waals surface area (Å²) in [6.07, 6.45) is 0.148. The topological polar surface area (TPSA) is 92.7 Å². The Bertz CT molecular complexity index is 541. The second-order valence-electron chi connectivity index (χ2n) is 4.00. The van der Waals surface area contributed by atoms with Crippen LogP contribution in [0.4, 0.5) is 0 Å². The van der Waals surface area contributed by atoms with Crippen LogP contribution in [0, 0.1) is 0 Å². The zero-order chi connectivity index (χ0) is 14.5. The van der Waals surface area contributed by atoms with Gasteiger partial charge < -0.3 is 9.84 Å². The fourth-order valence-electron chi connectivity index (χ4n) is 1.54. The van der Waals surface area contributed by atoms with E-state index in [0.717, 1.165) is 0 Å². The van der Waals surface area contributed by atoms with Gasteiger partial charge in [-0.2, -0.15) is 0 Å². The van der Waals surface area contributed by atoms with Gasteiger partial charge in [0.05, 0.1) is 18.4 Å². The lowest BCUT2D eigenvalue weighted by Crippen LogP contribution is -2.36. The van der Waals surface area contributed by atoms with Gasteiger partial charge in [0.25, 0.3) is 0 Å². The molecule has 0 radical (unpaired) electrons. The molecule has 1 aromatic rings. The van der Waals surface area contributed by atoms with Gasteiger partial charge in [-0.05, 0) is 18.6 Å². The van der Waals surface area contributed by atoms with Gasteiger partial charge in [-0.3, -0.25) is 4.79 Å². The number of carbonyl (C=O) groups is 1. The first-order chi connectivity index (χ1) is 8.89. The molecule has 0 bridgehead atoms. The number of nitrogens with one attached hydrogen (secondary N) is 1. The normalized spacial score (nSPS) is 12.9. The highest BCUT2D eigenvalue weighted by Gasteiger charge is 2.21. The van der Waals surface area contributed by atoms with Gasteiger partial charge in [0.15, 0.2) is 0 Å². The molecule has 0 aliphatic rings. The van der Waals surface area contributed by atoms with E-state index >= 15 is 0 Å². The summed E-state index contributed by atoms with van der Waals surface area (Å²) in [7, 11) is -2.30. The highest BCUT2D eigenvalue weighted by atomic mass is 32.2. The molecule has 0 amide bonds. The first kappa shape index (κ1) is 15.5. The van der Waals surface area contributed by atoms with E-state index in [1.165, 1.54) is 19.2 Å². The summed E-state index contributed by atoms with van der Waals surface area (Å²) < 4.78 is 31.5. The van der Waals surface area contributed by atoms with E-state index < -0.39 is 22.0 Å². The standard InChI is InChI=1S/C12H17NO5S/c1-3-9(7-12(14)15)13-19(16,17)11-6-4-5-10(8-11)18-2/h4-6,8-9,13H,3,7H2,1-2H3,(H,14,15). The Balaban J connectivity index is 2.93. The molecule has 2 N–H and O–H groups in total. The summed E-state index contributed by atoms with van der Waals surface area (Å²) in [6.45, 7) is 1.72. The number of carboxylic acid groups (broad SMARTS) is 1. The van der Waals surface area contributed by atoms with E-state index in [-0.39, 0.29) is 11.3 Å². The van der Waals surface area contributed by atoms with E-state index in [4.69, 9.17) is 9.84 Å². The van der Waals surface area contributed by atoms with Crippen LogP contribution in [-0.2, 0) is 14.8 Å². The van der Waals surface area contributed by atoms with Crippen molar-refractivity contribution in [2.75, 3.05) is 7.11 Å². The molecule has 1 rings (SSSR count).